The van der Waals surface area contributed by atoms with Crippen LogP contribution >= 0.6 is 11.5 Å². The second-order valence-corrected chi connectivity index (χ2v) is 5.57. The average Bonchev–Trinajstić information content (AvgIpc) is 2.56. The van der Waals surface area contributed by atoms with E-state index in [2.05, 4.69) is 15.0 Å². The fourth-order valence-electron chi connectivity index (χ4n) is 2.17. The van der Waals surface area contributed by atoms with Gasteiger partial charge in [-0.3, -0.25) is 4.79 Å². The maximum atomic E-state index is 12.1. The summed E-state index contributed by atoms with van der Waals surface area (Å²) in [5, 5.41) is 16.3. The first kappa shape index (κ1) is 12.3. The van der Waals surface area contributed by atoms with E-state index in [0.717, 1.165) is 10.7 Å². The van der Waals surface area contributed by atoms with Crippen LogP contribution in [0.3, 0.4) is 0 Å². The van der Waals surface area contributed by atoms with Crippen molar-refractivity contribution in [3.8, 4) is 0 Å². The maximum Gasteiger partial charge on any atom is 0.256 e. The predicted molar refractivity (Wildman–Crippen MR) is 67.5 cm³/mol. The third-order valence-corrected chi connectivity index (χ3v) is 3.98. The summed E-state index contributed by atoms with van der Waals surface area (Å²) in [6.07, 6.45) is 1.23. The molecule has 5 nitrogen and oxygen atoms in total. The zero-order valence-electron chi connectivity index (χ0n) is 10.2. The molecule has 0 spiro atoms. The van der Waals surface area contributed by atoms with Crippen molar-refractivity contribution >= 4 is 22.4 Å². The Labute approximate surface area is 104 Å². The topological polar surface area (TPSA) is 74.2 Å². The minimum atomic E-state index is -0.619. The van der Waals surface area contributed by atoms with Crippen LogP contribution in [0.4, 0.5) is 5.00 Å². The van der Waals surface area contributed by atoms with Crippen LogP contribution in [0.5, 0.6) is 0 Å². The van der Waals surface area contributed by atoms with Crippen LogP contribution in [-0.4, -0.2) is 34.1 Å². The first-order valence-corrected chi connectivity index (χ1v) is 6.37. The SMILES string of the molecule is CNc1snc(C)c1C(=O)NC1CC(C)(O)C1. The summed E-state index contributed by atoms with van der Waals surface area (Å²) in [5.74, 6) is -0.110. The lowest BCUT2D eigenvalue weighted by atomic mass is 9.77. The Morgan fingerprint density at radius 1 is 1.59 bits per heavy atom. The molecule has 1 aliphatic carbocycles. The number of carbonyl (C=O) groups excluding carboxylic acids is 1. The van der Waals surface area contributed by atoms with E-state index in [-0.39, 0.29) is 11.9 Å². The molecule has 1 amide bonds. The monoisotopic (exact) mass is 255 g/mol. The molecule has 0 saturated heterocycles. The van der Waals surface area contributed by atoms with Gasteiger partial charge in [-0.2, -0.15) is 4.37 Å². The van der Waals surface area contributed by atoms with E-state index in [9.17, 15) is 9.90 Å². The van der Waals surface area contributed by atoms with Gasteiger partial charge in [0.25, 0.3) is 5.91 Å². The van der Waals surface area contributed by atoms with Gasteiger partial charge in [0.2, 0.25) is 0 Å². The van der Waals surface area contributed by atoms with Crippen molar-refractivity contribution in [1.82, 2.24) is 9.69 Å². The molecule has 0 unspecified atom stereocenters. The van der Waals surface area contributed by atoms with Crippen molar-refractivity contribution in [1.29, 1.82) is 0 Å². The molecule has 2 rings (SSSR count). The fourth-order valence-corrected chi connectivity index (χ4v) is 2.91. The molecular formula is C11H17N3O2S. The van der Waals surface area contributed by atoms with Crippen molar-refractivity contribution in [2.24, 2.45) is 0 Å². The Balaban J connectivity index is 2.03. The number of amides is 1. The Kier molecular flexibility index (Phi) is 3.09. The number of aromatic nitrogens is 1. The third-order valence-electron chi connectivity index (χ3n) is 3.02. The van der Waals surface area contributed by atoms with Crippen molar-refractivity contribution in [3.63, 3.8) is 0 Å². The number of aliphatic hydroxyl groups is 1. The van der Waals surface area contributed by atoms with E-state index >= 15 is 0 Å². The van der Waals surface area contributed by atoms with Crippen LogP contribution in [-0.2, 0) is 0 Å². The normalized spacial score (nSPS) is 27.4. The van der Waals surface area contributed by atoms with Gasteiger partial charge in [-0.1, -0.05) is 0 Å². The molecule has 6 heteroatoms. The molecule has 0 atom stereocenters. The van der Waals surface area contributed by atoms with Gasteiger partial charge in [0.15, 0.2) is 0 Å². The van der Waals surface area contributed by atoms with Gasteiger partial charge in [-0.25, -0.2) is 0 Å². The lowest BCUT2D eigenvalue weighted by Gasteiger charge is -2.41. The van der Waals surface area contributed by atoms with Crippen molar-refractivity contribution in [3.05, 3.63) is 11.3 Å². The highest BCUT2D eigenvalue weighted by atomic mass is 32.1. The highest BCUT2D eigenvalue weighted by Gasteiger charge is 2.39. The summed E-state index contributed by atoms with van der Waals surface area (Å²) in [6.45, 7) is 3.61. The largest absolute Gasteiger partial charge is 0.390 e. The molecule has 1 saturated carbocycles. The van der Waals surface area contributed by atoms with Crippen molar-refractivity contribution in [2.45, 2.75) is 38.3 Å². The van der Waals surface area contributed by atoms with Crippen LogP contribution in [0.15, 0.2) is 0 Å². The Morgan fingerprint density at radius 2 is 2.24 bits per heavy atom. The summed E-state index contributed by atoms with van der Waals surface area (Å²) in [6, 6.07) is 0.0708. The molecule has 1 aliphatic rings. The Morgan fingerprint density at radius 3 is 2.76 bits per heavy atom. The smallest absolute Gasteiger partial charge is 0.256 e. The summed E-state index contributed by atoms with van der Waals surface area (Å²) >= 11 is 1.29. The van der Waals surface area contributed by atoms with Crippen molar-refractivity contribution < 1.29 is 9.90 Å². The molecule has 0 aliphatic heterocycles. The van der Waals surface area contributed by atoms with Crippen LogP contribution in [0, 0.1) is 6.92 Å². The van der Waals surface area contributed by atoms with Crippen LogP contribution in [0.2, 0.25) is 0 Å². The molecule has 1 fully saturated rings. The first-order valence-electron chi connectivity index (χ1n) is 5.60. The number of hydrogen-bond donors (Lipinski definition) is 3. The standard InChI is InChI=1S/C11H17N3O2S/c1-6-8(10(12-3)17-14-6)9(15)13-7-4-11(2,16)5-7/h7,12,16H,4-5H2,1-3H3,(H,13,15). The molecular weight excluding hydrogens is 238 g/mol. The Hall–Kier alpha value is -1.14. The number of nitrogens with one attached hydrogen (secondary N) is 2. The van der Waals surface area contributed by atoms with E-state index in [0.29, 0.717) is 18.4 Å². The summed E-state index contributed by atoms with van der Waals surface area (Å²) < 4.78 is 4.16. The van der Waals surface area contributed by atoms with E-state index in [1.54, 1.807) is 14.0 Å². The molecule has 0 aromatic carbocycles. The highest BCUT2D eigenvalue weighted by Crippen LogP contribution is 2.32. The number of hydrogen-bond acceptors (Lipinski definition) is 5. The van der Waals surface area contributed by atoms with Gasteiger partial charge in [-0.05, 0) is 38.2 Å². The number of rotatable bonds is 3. The number of carbonyl (C=O) groups is 1. The first-order chi connectivity index (χ1) is 7.93. The van der Waals surface area contributed by atoms with Gasteiger partial charge in [0, 0.05) is 13.1 Å². The summed E-state index contributed by atoms with van der Waals surface area (Å²) in [4.78, 5) is 12.1. The summed E-state index contributed by atoms with van der Waals surface area (Å²) in [7, 11) is 1.78. The van der Waals surface area contributed by atoms with Gasteiger partial charge in [-0.15, -0.1) is 0 Å². The number of nitrogens with zero attached hydrogens (tertiary/aromatic N) is 1. The quantitative estimate of drug-likeness (QED) is 0.757. The molecule has 94 valence electrons. The molecule has 0 radical (unpaired) electrons. The fraction of sp³-hybridized carbons (Fsp3) is 0.636. The lowest BCUT2D eigenvalue weighted by Crippen LogP contribution is -2.53. The van der Waals surface area contributed by atoms with Crippen LogP contribution < -0.4 is 10.6 Å². The molecule has 1 aromatic heterocycles. The maximum absolute atomic E-state index is 12.1. The zero-order valence-corrected chi connectivity index (χ0v) is 11.0. The van der Waals surface area contributed by atoms with Crippen molar-refractivity contribution in [2.75, 3.05) is 12.4 Å². The number of aryl methyl sites for hydroxylation is 1. The second kappa shape index (κ2) is 4.27. The van der Waals surface area contributed by atoms with E-state index in [1.807, 2.05) is 6.92 Å². The Bertz CT molecular complexity index is 434. The minimum absolute atomic E-state index is 0.0708. The third kappa shape index (κ3) is 2.42. The van der Waals surface area contributed by atoms with E-state index in [1.165, 1.54) is 11.5 Å². The van der Waals surface area contributed by atoms with Gasteiger partial charge in [0.05, 0.1) is 16.9 Å². The molecule has 0 bridgehead atoms. The van der Waals surface area contributed by atoms with Crippen LogP contribution in [0.25, 0.3) is 0 Å². The predicted octanol–water partition coefficient (Wildman–Crippen LogP) is 1.14. The second-order valence-electron chi connectivity index (χ2n) is 4.80. The summed E-state index contributed by atoms with van der Waals surface area (Å²) in [5.41, 5.74) is 0.734. The molecule has 17 heavy (non-hydrogen) atoms. The van der Waals surface area contributed by atoms with Gasteiger partial charge >= 0.3 is 0 Å². The zero-order chi connectivity index (χ0) is 12.6. The van der Waals surface area contributed by atoms with Gasteiger partial charge < -0.3 is 15.7 Å². The molecule has 3 N–H and O–H groups in total. The van der Waals surface area contributed by atoms with Gasteiger partial charge in [0.1, 0.15) is 5.00 Å². The number of anilines is 1. The highest BCUT2D eigenvalue weighted by molar-refractivity contribution is 7.10. The lowest BCUT2D eigenvalue weighted by molar-refractivity contribution is -0.0366. The van der Waals surface area contributed by atoms with E-state index in [4.69, 9.17) is 0 Å². The molecule has 1 heterocycles. The molecule has 1 aromatic rings. The average molecular weight is 255 g/mol. The van der Waals surface area contributed by atoms with E-state index < -0.39 is 5.60 Å². The van der Waals surface area contributed by atoms with Crippen LogP contribution in [0.1, 0.15) is 35.8 Å². The minimum Gasteiger partial charge on any atom is -0.390 e.